The molecule has 0 aromatic heterocycles. The van der Waals surface area contributed by atoms with Crippen molar-refractivity contribution < 1.29 is 29.1 Å². The maximum atomic E-state index is 12.3. The van der Waals surface area contributed by atoms with E-state index in [1.165, 1.54) is 38.5 Å². The van der Waals surface area contributed by atoms with Crippen molar-refractivity contribution in [2.45, 2.75) is 0 Å². The number of non-ortho nitro benzene ring substituents is 1. The van der Waals surface area contributed by atoms with Gasteiger partial charge in [0.1, 0.15) is 0 Å². The largest absolute Gasteiger partial charge is 0.545 e. The Morgan fingerprint density at radius 2 is 1.72 bits per heavy atom. The van der Waals surface area contributed by atoms with E-state index in [0.717, 1.165) is 12.1 Å². The third-order valence-corrected chi connectivity index (χ3v) is 3.31. The van der Waals surface area contributed by atoms with E-state index in [-0.39, 0.29) is 34.0 Å². The Labute approximate surface area is 141 Å². The fourth-order valence-electron chi connectivity index (χ4n) is 2.11. The van der Waals surface area contributed by atoms with E-state index in [0.29, 0.717) is 0 Å². The number of anilines is 1. The van der Waals surface area contributed by atoms with Crippen molar-refractivity contribution in [3.05, 3.63) is 57.6 Å². The molecule has 130 valence electrons. The summed E-state index contributed by atoms with van der Waals surface area (Å²) in [5, 5.41) is 24.5. The van der Waals surface area contributed by atoms with Gasteiger partial charge in [0, 0.05) is 29.3 Å². The number of methoxy groups -OCH3 is 2. The Balaban J connectivity index is 2.41. The Hall–Kier alpha value is -3.62. The minimum Gasteiger partial charge on any atom is -0.545 e. The van der Waals surface area contributed by atoms with Crippen LogP contribution in [-0.4, -0.2) is 31.0 Å². The summed E-state index contributed by atoms with van der Waals surface area (Å²) < 4.78 is 10.1. The van der Waals surface area contributed by atoms with Gasteiger partial charge < -0.3 is 24.7 Å². The smallest absolute Gasteiger partial charge is 0.270 e. The number of carbonyl (C=O) groups is 2. The number of nitrogens with zero attached hydrogens (tertiary/aromatic N) is 1. The van der Waals surface area contributed by atoms with Gasteiger partial charge in [-0.3, -0.25) is 14.9 Å². The number of hydrogen-bond donors (Lipinski definition) is 1. The number of rotatable bonds is 6. The average Bonchev–Trinajstić information content (AvgIpc) is 2.60. The molecule has 2 rings (SSSR count). The fourth-order valence-corrected chi connectivity index (χ4v) is 2.11. The molecule has 9 heteroatoms. The number of hydrogen-bond acceptors (Lipinski definition) is 7. The van der Waals surface area contributed by atoms with Crippen molar-refractivity contribution in [2.24, 2.45) is 0 Å². The van der Waals surface area contributed by atoms with Crippen LogP contribution in [0, 0.1) is 10.1 Å². The molecule has 0 bridgehead atoms. The van der Waals surface area contributed by atoms with E-state index in [9.17, 15) is 24.8 Å². The van der Waals surface area contributed by atoms with Gasteiger partial charge in [0.25, 0.3) is 11.6 Å². The maximum Gasteiger partial charge on any atom is 0.270 e. The molecule has 1 amide bonds. The maximum absolute atomic E-state index is 12.3. The molecule has 25 heavy (non-hydrogen) atoms. The SMILES string of the molecule is COc1cc(NC(=O)c2cccc([N+](=O)[O-])c2)c(C(=O)[O-])cc1OC. The first-order valence-electron chi connectivity index (χ1n) is 6.90. The van der Waals surface area contributed by atoms with Gasteiger partial charge >= 0.3 is 0 Å². The van der Waals surface area contributed by atoms with E-state index in [1.807, 2.05) is 0 Å². The lowest BCUT2D eigenvalue weighted by Crippen LogP contribution is -2.25. The van der Waals surface area contributed by atoms with Crippen molar-refractivity contribution >= 4 is 23.3 Å². The van der Waals surface area contributed by atoms with Crippen molar-refractivity contribution in [1.29, 1.82) is 0 Å². The molecule has 2 aromatic carbocycles. The number of ether oxygens (including phenoxy) is 2. The lowest BCUT2D eigenvalue weighted by Gasteiger charge is -2.16. The van der Waals surface area contributed by atoms with Crippen LogP contribution >= 0.6 is 0 Å². The van der Waals surface area contributed by atoms with Crippen LogP contribution < -0.4 is 19.9 Å². The van der Waals surface area contributed by atoms with Gasteiger partial charge in [0.05, 0.1) is 30.8 Å². The molecule has 0 saturated heterocycles. The number of nitro groups is 1. The third-order valence-electron chi connectivity index (χ3n) is 3.31. The molecule has 0 heterocycles. The molecule has 1 N–H and O–H groups in total. The highest BCUT2D eigenvalue weighted by molar-refractivity contribution is 6.08. The first-order valence-corrected chi connectivity index (χ1v) is 6.90. The van der Waals surface area contributed by atoms with Crippen molar-refractivity contribution in [2.75, 3.05) is 19.5 Å². The van der Waals surface area contributed by atoms with Crippen molar-refractivity contribution in [3.8, 4) is 11.5 Å². The molecule has 0 atom stereocenters. The zero-order valence-electron chi connectivity index (χ0n) is 13.3. The van der Waals surface area contributed by atoms with E-state index in [1.54, 1.807) is 0 Å². The number of carbonyl (C=O) groups excluding carboxylic acids is 2. The standard InChI is InChI=1S/C16H14N2O7/c1-24-13-7-11(16(20)21)12(8-14(13)25-2)17-15(19)9-4-3-5-10(6-9)18(22)23/h3-8H,1-2H3,(H,17,19)(H,20,21)/p-1. The Morgan fingerprint density at radius 3 is 2.28 bits per heavy atom. The van der Waals surface area contributed by atoms with Crippen LogP contribution in [0.4, 0.5) is 11.4 Å². The van der Waals surface area contributed by atoms with Crippen LogP contribution in [0.25, 0.3) is 0 Å². The van der Waals surface area contributed by atoms with Gasteiger partial charge in [-0.05, 0) is 12.1 Å². The minimum atomic E-state index is -1.53. The number of carboxylic acids is 1. The molecule has 9 nitrogen and oxygen atoms in total. The highest BCUT2D eigenvalue weighted by atomic mass is 16.6. The van der Waals surface area contributed by atoms with Gasteiger partial charge in [-0.2, -0.15) is 0 Å². The van der Waals surface area contributed by atoms with Crippen LogP contribution in [-0.2, 0) is 0 Å². The summed E-state index contributed by atoms with van der Waals surface area (Å²) in [4.78, 5) is 33.8. The van der Waals surface area contributed by atoms with Gasteiger partial charge in [-0.1, -0.05) is 6.07 Å². The molecular formula is C16H13N2O7-. The molecule has 2 aromatic rings. The van der Waals surface area contributed by atoms with E-state index < -0.39 is 16.8 Å². The molecular weight excluding hydrogens is 332 g/mol. The van der Waals surface area contributed by atoms with Gasteiger partial charge in [0.2, 0.25) is 0 Å². The van der Waals surface area contributed by atoms with Crippen molar-refractivity contribution in [1.82, 2.24) is 0 Å². The van der Waals surface area contributed by atoms with Crippen LogP contribution in [0.2, 0.25) is 0 Å². The summed E-state index contributed by atoms with van der Waals surface area (Å²) in [5.74, 6) is -1.91. The highest BCUT2D eigenvalue weighted by Crippen LogP contribution is 2.33. The molecule has 0 saturated carbocycles. The Bertz CT molecular complexity index is 848. The Kier molecular flexibility index (Phi) is 5.18. The Morgan fingerprint density at radius 1 is 1.08 bits per heavy atom. The molecule has 0 radical (unpaired) electrons. The summed E-state index contributed by atoms with van der Waals surface area (Å²) >= 11 is 0. The van der Waals surface area contributed by atoms with E-state index in [4.69, 9.17) is 9.47 Å². The summed E-state index contributed by atoms with van der Waals surface area (Å²) in [6.45, 7) is 0. The molecule has 0 aliphatic heterocycles. The highest BCUT2D eigenvalue weighted by Gasteiger charge is 2.16. The second-order valence-corrected chi connectivity index (χ2v) is 4.80. The van der Waals surface area contributed by atoms with Gasteiger partial charge in [0.15, 0.2) is 11.5 Å². The quantitative estimate of drug-likeness (QED) is 0.615. The first-order chi connectivity index (χ1) is 11.9. The molecule has 0 unspecified atom stereocenters. The lowest BCUT2D eigenvalue weighted by molar-refractivity contribution is -0.384. The normalized spacial score (nSPS) is 10.0. The number of nitro benzene ring substituents is 1. The van der Waals surface area contributed by atoms with Crippen LogP contribution in [0.15, 0.2) is 36.4 Å². The van der Waals surface area contributed by atoms with Crippen LogP contribution in [0.3, 0.4) is 0 Å². The van der Waals surface area contributed by atoms with Crippen LogP contribution in [0.1, 0.15) is 20.7 Å². The zero-order chi connectivity index (χ0) is 18.6. The summed E-state index contributed by atoms with van der Waals surface area (Å²) in [7, 11) is 2.68. The number of nitrogens with one attached hydrogen (secondary N) is 1. The predicted octanol–water partition coefficient (Wildman–Crippen LogP) is 1.23. The van der Waals surface area contributed by atoms with Gasteiger partial charge in [-0.25, -0.2) is 0 Å². The molecule has 0 aliphatic carbocycles. The summed E-state index contributed by atoms with van der Waals surface area (Å²) in [6.07, 6.45) is 0. The molecule has 0 fully saturated rings. The predicted molar refractivity (Wildman–Crippen MR) is 84.9 cm³/mol. The van der Waals surface area contributed by atoms with Crippen molar-refractivity contribution in [3.63, 3.8) is 0 Å². The number of amides is 1. The summed E-state index contributed by atoms with van der Waals surface area (Å²) in [5.41, 5.74) is -0.682. The number of carboxylic acid groups (broad SMARTS) is 1. The number of benzene rings is 2. The number of aromatic carboxylic acids is 1. The molecule has 0 aliphatic rings. The fraction of sp³-hybridized carbons (Fsp3) is 0.125. The zero-order valence-corrected chi connectivity index (χ0v) is 13.3. The second kappa shape index (κ2) is 7.30. The van der Waals surface area contributed by atoms with E-state index >= 15 is 0 Å². The lowest BCUT2D eigenvalue weighted by atomic mass is 10.1. The average molecular weight is 345 g/mol. The third kappa shape index (κ3) is 3.83. The second-order valence-electron chi connectivity index (χ2n) is 4.80. The topological polar surface area (TPSA) is 131 Å². The van der Waals surface area contributed by atoms with E-state index in [2.05, 4.69) is 5.32 Å². The van der Waals surface area contributed by atoms with Gasteiger partial charge in [-0.15, -0.1) is 0 Å². The first kappa shape index (κ1) is 17.7. The minimum absolute atomic E-state index is 0.00622. The summed E-state index contributed by atoms with van der Waals surface area (Å²) in [6, 6.07) is 7.44. The molecule has 0 spiro atoms. The monoisotopic (exact) mass is 345 g/mol. The van der Waals surface area contributed by atoms with Crippen LogP contribution in [0.5, 0.6) is 11.5 Å².